The predicted molar refractivity (Wildman–Crippen MR) is 58.0 cm³/mol. The molecule has 0 aliphatic carbocycles. The third-order valence-corrected chi connectivity index (χ3v) is 3.02. The van der Waals surface area contributed by atoms with E-state index in [0.717, 1.165) is 24.1 Å². The standard InChI is InChI=1S/C11H24NO2/c1-5-8-9-12(6-2,7-3)10-11(13)14-4/h5-10H2,1-4H3/q+1. The molecule has 0 saturated heterocycles. The second-order valence-corrected chi connectivity index (χ2v) is 3.79. The molecule has 3 heteroatoms. The smallest absolute Gasteiger partial charge is 0.361 e. The third-order valence-electron chi connectivity index (χ3n) is 3.02. The lowest BCUT2D eigenvalue weighted by Gasteiger charge is -2.35. The van der Waals surface area contributed by atoms with E-state index in [0.29, 0.717) is 6.54 Å². The molecule has 0 fully saturated rings. The maximum atomic E-state index is 11.3. The van der Waals surface area contributed by atoms with E-state index in [9.17, 15) is 4.79 Å². The first-order valence-electron chi connectivity index (χ1n) is 5.56. The van der Waals surface area contributed by atoms with E-state index in [4.69, 9.17) is 4.74 Å². The fourth-order valence-electron chi connectivity index (χ4n) is 1.67. The van der Waals surface area contributed by atoms with Crippen LogP contribution >= 0.6 is 0 Å². The summed E-state index contributed by atoms with van der Waals surface area (Å²) in [5.74, 6) is -0.0928. The second kappa shape index (κ2) is 6.82. The monoisotopic (exact) mass is 202 g/mol. The molecule has 0 amide bonds. The van der Waals surface area contributed by atoms with Crippen LogP contribution in [-0.4, -0.2) is 43.7 Å². The number of esters is 1. The van der Waals surface area contributed by atoms with Crippen LogP contribution in [0.3, 0.4) is 0 Å². The van der Waals surface area contributed by atoms with Crippen molar-refractivity contribution in [1.29, 1.82) is 0 Å². The summed E-state index contributed by atoms with van der Waals surface area (Å²) in [5, 5.41) is 0. The van der Waals surface area contributed by atoms with Gasteiger partial charge in [-0.15, -0.1) is 0 Å². The molecule has 0 aliphatic heterocycles. The molecule has 0 atom stereocenters. The molecule has 84 valence electrons. The number of methoxy groups -OCH3 is 1. The van der Waals surface area contributed by atoms with Gasteiger partial charge in [0.05, 0.1) is 26.7 Å². The van der Waals surface area contributed by atoms with Crippen LogP contribution in [0.25, 0.3) is 0 Å². The van der Waals surface area contributed by atoms with E-state index in [1.54, 1.807) is 0 Å². The Morgan fingerprint density at radius 2 is 1.79 bits per heavy atom. The Morgan fingerprint density at radius 3 is 2.14 bits per heavy atom. The summed E-state index contributed by atoms with van der Waals surface area (Å²) in [6.45, 7) is 10.1. The highest BCUT2D eigenvalue weighted by molar-refractivity contribution is 5.70. The summed E-state index contributed by atoms with van der Waals surface area (Å²) in [4.78, 5) is 11.3. The lowest BCUT2D eigenvalue weighted by molar-refractivity contribution is -0.918. The number of likely N-dealkylation sites (N-methyl/N-ethyl adjacent to an activating group) is 1. The zero-order valence-electron chi connectivity index (χ0n) is 10.0. The van der Waals surface area contributed by atoms with Gasteiger partial charge in [0.1, 0.15) is 0 Å². The molecule has 0 heterocycles. The van der Waals surface area contributed by atoms with Crippen molar-refractivity contribution >= 4 is 5.97 Å². The first-order chi connectivity index (χ1) is 6.64. The van der Waals surface area contributed by atoms with Crippen molar-refractivity contribution in [3.63, 3.8) is 0 Å². The number of quaternary nitrogens is 1. The van der Waals surface area contributed by atoms with Gasteiger partial charge in [0.2, 0.25) is 0 Å². The maximum Gasteiger partial charge on any atom is 0.361 e. The highest BCUT2D eigenvalue weighted by atomic mass is 16.5. The third kappa shape index (κ3) is 4.09. The minimum Gasteiger partial charge on any atom is -0.465 e. The lowest BCUT2D eigenvalue weighted by Crippen LogP contribution is -2.51. The van der Waals surface area contributed by atoms with E-state index in [-0.39, 0.29) is 5.97 Å². The highest BCUT2D eigenvalue weighted by Crippen LogP contribution is 2.09. The van der Waals surface area contributed by atoms with Crippen molar-refractivity contribution in [3.8, 4) is 0 Å². The van der Waals surface area contributed by atoms with Gasteiger partial charge >= 0.3 is 5.97 Å². The van der Waals surface area contributed by atoms with Crippen molar-refractivity contribution in [1.82, 2.24) is 0 Å². The summed E-state index contributed by atoms with van der Waals surface area (Å²) < 4.78 is 5.60. The number of hydrogen-bond donors (Lipinski definition) is 0. The van der Waals surface area contributed by atoms with E-state index in [1.807, 2.05) is 0 Å². The largest absolute Gasteiger partial charge is 0.465 e. The minimum absolute atomic E-state index is 0.0928. The molecule has 0 bridgehead atoms. The topological polar surface area (TPSA) is 26.3 Å². The Bertz CT molecular complexity index is 165. The molecule has 3 nitrogen and oxygen atoms in total. The fraction of sp³-hybridized carbons (Fsp3) is 0.909. The average Bonchev–Trinajstić information content (AvgIpc) is 2.24. The number of rotatable bonds is 7. The van der Waals surface area contributed by atoms with Crippen molar-refractivity contribution in [2.75, 3.05) is 33.3 Å². The van der Waals surface area contributed by atoms with Crippen LogP contribution < -0.4 is 0 Å². The van der Waals surface area contributed by atoms with Crippen molar-refractivity contribution in [2.24, 2.45) is 0 Å². The van der Waals surface area contributed by atoms with Crippen molar-refractivity contribution in [3.05, 3.63) is 0 Å². The summed E-state index contributed by atoms with van der Waals surface area (Å²) in [6, 6.07) is 0. The molecule has 0 aliphatic rings. The average molecular weight is 202 g/mol. The van der Waals surface area contributed by atoms with E-state index in [1.165, 1.54) is 20.0 Å². The Kier molecular flexibility index (Phi) is 6.54. The van der Waals surface area contributed by atoms with Crippen LogP contribution in [0.5, 0.6) is 0 Å². The molecule has 14 heavy (non-hydrogen) atoms. The summed E-state index contributed by atoms with van der Waals surface area (Å²) in [5.41, 5.74) is 0. The molecule has 0 radical (unpaired) electrons. The van der Waals surface area contributed by atoms with E-state index in [2.05, 4.69) is 20.8 Å². The van der Waals surface area contributed by atoms with Crippen LogP contribution in [0, 0.1) is 0 Å². The number of hydrogen-bond acceptors (Lipinski definition) is 2. The Balaban J connectivity index is 4.28. The number of unbranched alkanes of at least 4 members (excludes halogenated alkanes) is 1. The van der Waals surface area contributed by atoms with Crippen LogP contribution in [0.2, 0.25) is 0 Å². The molecule has 0 rings (SSSR count). The quantitative estimate of drug-likeness (QED) is 0.465. The van der Waals surface area contributed by atoms with Crippen LogP contribution in [0.1, 0.15) is 33.6 Å². The first-order valence-corrected chi connectivity index (χ1v) is 5.56. The Labute approximate surface area is 87.6 Å². The highest BCUT2D eigenvalue weighted by Gasteiger charge is 2.26. The molecular formula is C11H24NO2+. The zero-order chi connectivity index (χ0) is 11.0. The fourth-order valence-corrected chi connectivity index (χ4v) is 1.67. The zero-order valence-corrected chi connectivity index (χ0v) is 10.0. The molecule has 0 unspecified atom stereocenters. The SMILES string of the molecule is CCCC[N+](CC)(CC)CC(=O)OC. The Morgan fingerprint density at radius 1 is 1.21 bits per heavy atom. The summed E-state index contributed by atoms with van der Waals surface area (Å²) in [6.07, 6.45) is 2.36. The molecule has 0 aromatic rings. The van der Waals surface area contributed by atoms with Crippen molar-refractivity contribution in [2.45, 2.75) is 33.6 Å². The minimum atomic E-state index is -0.0928. The normalized spacial score (nSPS) is 11.4. The van der Waals surface area contributed by atoms with Gasteiger partial charge < -0.3 is 9.22 Å². The molecule has 0 saturated carbocycles. The van der Waals surface area contributed by atoms with Gasteiger partial charge in [-0.25, -0.2) is 4.79 Å². The van der Waals surface area contributed by atoms with Gasteiger partial charge in [0, 0.05) is 0 Å². The molecular weight excluding hydrogens is 178 g/mol. The van der Waals surface area contributed by atoms with Crippen LogP contribution in [0.15, 0.2) is 0 Å². The van der Waals surface area contributed by atoms with Crippen LogP contribution in [-0.2, 0) is 9.53 Å². The number of carbonyl (C=O) groups is 1. The van der Waals surface area contributed by atoms with Gasteiger partial charge in [-0.05, 0) is 20.3 Å². The summed E-state index contributed by atoms with van der Waals surface area (Å²) in [7, 11) is 1.46. The molecule has 0 N–H and O–H groups in total. The second-order valence-electron chi connectivity index (χ2n) is 3.79. The van der Waals surface area contributed by atoms with Crippen LogP contribution in [0.4, 0.5) is 0 Å². The van der Waals surface area contributed by atoms with Gasteiger partial charge in [-0.2, -0.15) is 0 Å². The first kappa shape index (κ1) is 13.4. The molecule has 0 spiro atoms. The number of carbonyl (C=O) groups excluding carboxylic acids is 1. The number of nitrogens with zero attached hydrogens (tertiary/aromatic N) is 1. The van der Waals surface area contributed by atoms with E-state index >= 15 is 0 Å². The molecule has 0 aromatic carbocycles. The van der Waals surface area contributed by atoms with Gasteiger partial charge in [-0.1, -0.05) is 13.3 Å². The van der Waals surface area contributed by atoms with Crippen molar-refractivity contribution < 1.29 is 14.0 Å². The predicted octanol–water partition coefficient (Wildman–Crippen LogP) is 1.82. The lowest BCUT2D eigenvalue weighted by atomic mass is 10.2. The maximum absolute atomic E-state index is 11.3. The molecule has 0 aromatic heterocycles. The van der Waals surface area contributed by atoms with Gasteiger partial charge in [-0.3, -0.25) is 0 Å². The van der Waals surface area contributed by atoms with Gasteiger partial charge in [0.15, 0.2) is 6.54 Å². The summed E-state index contributed by atoms with van der Waals surface area (Å²) >= 11 is 0. The Hall–Kier alpha value is -0.570. The van der Waals surface area contributed by atoms with E-state index < -0.39 is 0 Å². The van der Waals surface area contributed by atoms with Gasteiger partial charge in [0.25, 0.3) is 0 Å². The number of ether oxygens (including phenoxy) is 1.